The maximum atomic E-state index is 4.72. The van der Waals surface area contributed by atoms with Crippen molar-refractivity contribution < 1.29 is 0 Å². The van der Waals surface area contributed by atoms with Crippen LogP contribution in [0, 0.1) is 20.8 Å². The molecular weight excluding hydrogens is 304 g/mol. The molecule has 0 aromatic carbocycles. The Kier molecular flexibility index (Phi) is 4.50. The quantitative estimate of drug-likeness (QED) is 0.706. The second kappa shape index (κ2) is 6.42. The highest BCUT2D eigenvalue weighted by atomic mass is 32.1. The summed E-state index contributed by atoms with van der Waals surface area (Å²) in [7, 11) is 0. The summed E-state index contributed by atoms with van der Waals surface area (Å²) in [6, 6.07) is 6.98. The summed E-state index contributed by atoms with van der Waals surface area (Å²) in [5.74, 6) is 0.799. The predicted octanol–water partition coefficient (Wildman–Crippen LogP) is 4.13. The van der Waals surface area contributed by atoms with Gasteiger partial charge in [0.05, 0.1) is 5.69 Å². The van der Waals surface area contributed by atoms with Crippen LogP contribution >= 0.6 is 11.3 Å². The van der Waals surface area contributed by atoms with Crippen LogP contribution in [0.3, 0.4) is 0 Å². The summed E-state index contributed by atoms with van der Waals surface area (Å²) in [5.41, 5.74) is 3.27. The van der Waals surface area contributed by atoms with E-state index in [0.29, 0.717) is 6.04 Å². The Hall–Kier alpha value is -1.72. The number of fused-ring (bicyclic) bond motifs is 1. The van der Waals surface area contributed by atoms with Gasteiger partial charge in [0.25, 0.3) is 0 Å². The second-order valence-corrected chi connectivity index (χ2v) is 7.82. The molecule has 5 heteroatoms. The van der Waals surface area contributed by atoms with Gasteiger partial charge in [0.1, 0.15) is 0 Å². The van der Waals surface area contributed by atoms with Crippen molar-refractivity contribution in [2.45, 2.75) is 53.8 Å². The van der Waals surface area contributed by atoms with Crippen LogP contribution < -0.4 is 0 Å². The van der Waals surface area contributed by atoms with E-state index in [1.165, 1.54) is 15.4 Å². The maximum Gasteiger partial charge on any atom is 0.234 e. The van der Waals surface area contributed by atoms with Gasteiger partial charge >= 0.3 is 0 Å². The summed E-state index contributed by atoms with van der Waals surface area (Å²) in [4.78, 5) is 14.5. The normalized spacial score (nSPS) is 12.0. The van der Waals surface area contributed by atoms with Gasteiger partial charge in [0.15, 0.2) is 0 Å². The van der Waals surface area contributed by atoms with Crippen molar-refractivity contribution in [3.8, 4) is 0 Å². The minimum atomic E-state index is 0.470. The number of imidazole rings is 1. The second-order valence-electron chi connectivity index (χ2n) is 6.45. The van der Waals surface area contributed by atoms with Crippen molar-refractivity contribution in [2.24, 2.45) is 0 Å². The van der Waals surface area contributed by atoms with E-state index in [-0.39, 0.29) is 0 Å². The van der Waals surface area contributed by atoms with Crippen LogP contribution in [0.4, 0.5) is 0 Å². The monoisotopic (exact) mass is 328 g/mol. The molecule has 0 aliphatic heterocycles. The van der Waals surface area contributed by atoms with Crippen LogP contribution in [-0.4, -0.2) is 25.3 Å². The summed E-state index contributed by atoms with van der Waals surface area (Å²) in [6.45, 7) is 12.6. The Morgan fingerprint density at radius 1 is 1.13 bits per heavy atom. The summed E-state index contributed by atoms with van der Waals surface area (Å²) < 4.78 is 2.08. The zero-order chi connectivity index (χ0) is 16.6. The molecule has 0 spiro atoms. The molecule has 0 aliphatic carbocycles. The first kappa shape index (κ1) is 16.1. The Labute approximate surface area is 141 Å². The van der Waals surface area contributed by atoms with E-state index < -0.39 is 0 Å². The van der Waals surface area contributed by atoms with Crippen LogP contribution in [0.25, 0.3) is 5.78 Å². The van der Waals surface area contributed by atoms with Gasteiger partial charge in [0.2, 0.25) is 5.78 Å². The van der Waals surface area contributed by atoms with Gasteiger partial charge in [-0.25, -0.2) is 9.97 Å². The molecule has 0 N–H and O–H groups in total. The fraction of sp³-hybridized carbons (Fsp3) is 0.444. The molecule has 0 unspecified atom stereocenters. The van der Waals surface area contributed by atoms with Crippen molar-refractivity contribution >= 4 is 17.1 Å². The third kappa shape index (κ3) is 3.62. The van der Waals surface area contributed by atoms with Gasteiger partial charge in [-0.15, -0.1) is 11.3 Å². The highest BCUT2D eigenvalue weighted by molar-refractivity contribution is 7.11. The van der Waals surface area contributed by atoms with E-state index in [1.807, 2.05) is 18.3 Å². The molecular formula is C18H24N4S. The molecule has 0 aliphatic rings. The molecule has 0 fully saturated rings. The average Bonchev–Trinajstić information content (AvgIpc) is 3.04. The van der Waals surface area contributed by atoms with Crippen LogP contribution in [-0.2, 0) is 13.1 Å². The Bertz CT molecular complexity index is 816. The van der Waals surface area contributed by atoms with E-state index in [9.17, 15) is 0 Å². The molecule has 23 heavy (non-hydrogen) atoms. The van der Waals surface area contributed by atoms with E-state index >= 15 is 0 Å². The third-order valence-corrected chi connectivity index (χ3v) is 5.05. The molecule has 0 amide bonds. The van der Waals surface area contributed by atoms with Crippen LogP contribution in [0.1, 0.15) is 40.7 Å². The molecule has 0 bridgehead atoms. The lowest BCUT2D eigenvalue weighted by molar-refractivity contribution is 0.203. The number of nitrogens with zero attached hydrogens (tertiary/aromatic N) is 4. The molecule has 3 aromatic rings. The molecule has 122 valence electrons. The van der Waals surface area contributed by atoms with Crippen molar-refractivity contribution in [3.63, 3.8) is 0 Å². The van der Waals surface area contributed by atoms with Crippen molar-refractivity contribution in [1.82, 2.24) is 19.3 Å². The molecule has 4 nitrogen and oxygen atoms in total. The first-order valence-electron chi connectivity index (χ1n) is 8.04. The Balaban J connectivity index is 1.84. The molecule has 3 rings (SSSR count). The largest absolute Gasteiger partial charge is 0.290 e. The van der Waals surface area contributed by atoms with Crippen molar-refractivity contribution in [2.75, 3.05) is 0 Å². The minimum Gasteiger partial charge on any atom is -0.290 e. The lowest BCUT2D eigenvalue weighted by atomic mass is 10.2. The first-order valence-corrected chi connectivity index (χ1v) is 8.85. The van der Waals surface area contributed by atoms with Crippen molar-refractivity contribution in [1.29, 1.82) is 0 Å². The van der Waals surface area contributed by atoms with Gasteiger partial charge in [-0.1, -0.05) is 0 Å². The SMILES string of the molecule is Cc1cc(C)n2cc(CN(Cc3ccc(C)s3)C(C)C)nc2n1. The van der Waals surface area contributed by atoms with E-state index in [4.69, 9.17) is 4.98 Å². The minimum absolute atomic E-state index is 0.470. The van der Waals surface area contributed by atoms with E-state index in [2.05, 4.69) is 66.4 Å². The number of aromatic nitrogens is 3. The number of aryl methyl sites for hydroxylation is 3. The van der Waals surface area contributed by atoms with E-state index in [0.717, 1.165) is 30.3 Å². The van der Waals surface area contributed by atoms with Gasteiger partial charge in [-0.05, 0) is 52.8 Å². The summed E-state index contributed by atoms with van der Waals surface area (Å²) >= 11 is 1.87. The van der Waals surface area contributed by atoms with Gasteiger partial charge in [-0.2, -0.15) is 0 Å². The fourth-order valence-electron chi connectivity index (χ4n) is 2.79. The lowest BCUT2D eigenvalue weighted by Gasteiger charge is -2.24. The third-order valence-electron chi connectivity index (χ3n) is 4.06. The van der Waals surface area contributed by atoms with Crippen LogP contribution in [0.2, 0.25) is 0 Å². The molecule has 3 heterocycles. The molecule has 0 radical (unpaired) electrons. The topological polar surface area (TPSA) is 33.4 Å². The zero-order valence-corrected chi connectivity index (χ0v) is 15.3. The molecule has 0 saturated carbocycles. The van der Waals surface area contributed by atoms with Gasteiger partial charge in [-0.3, -0.25) is 9.30 Å². The smallest absolute Gasteiger partial charge is 0.234 e. The van der Waals surface area contributed by atoms with Crippen LogP contribution in [0.15, 0.2) is 24.4 Å². The molecule has 0 saturated heterocycles. The highest BCUT2D eigenvalue weighted by Gasteiger charge is 2.15. The van der Waals surface area contributed by atoms with Gasteiger partial charge in [0, 0.05) is 46.5 Å². The van der Waals surface area contributed by atoms with Gasteiger partial charge < -0.3 is 0 Å². The first-order chi connectivity index (χ1) is 10.9. The summed E-state index contributed by atoms with van der Waals surface area (Å²) in [6.07, 6.45) is 2.12. The Morgan fingerprint density at radius 3 is 2.57 bits per heavy atom. The van der Waals surface area contributed by atoms with Crippen molar-refractivity contribution in [3.05, 3.63) is 51.2 Å². The lowest BCUT2D eigenvalue weighted by Crippen LogP contribution is -2.29. The number of hydrogen-bond acceptors (Lipinski definition) is 4. The highest BCUT2D eigenvalue weighted by Crippen LogP contribution is 2.20. The Morgan fingerprint density at radius 2 is 1.91 bits per heavy atom. The van der Waals surface area contributed by atoms with E-state index in [1.54, 1.807) is 0 Å². The number of rotatable bonds is 5. The molecule has 3 aromatic heterocycles. The number of hydrogen-bond donors (Lipinski definition) is 0. The fourth-order valence-corrected chi connectivity index (χ4v) is 3.71. The van der Waals surface area contributed by atoms with Crippen LogP contribution in [0.5, 0.6) is 0 Å². The maximum absolute atomic E-state index is 4.72. The predicted molar refractivity (Wildman–Crippen MR) is 95.9 cm³/mol. The zero-order valence-electron chi connectivity index (χ0n) is 14.5. The average molecular weight is 328 g/mol. The molecule has 0 atom stereocenters. The number of thiophene rings is 1. The standard InChI is InChI=1S/C18H24N4S/c1-12(2)21(11-17-7-6-15(5)23-17)9-16-10-22-14(4)8-13(3)19-18(22)20-16/h6-8,10,12H,9,11H2,1-5H3. The summed E-state index contributed by atoms with van der Waals surface area (Å²) in [5, 5.41) is 0.